The van der Waals surface area contributed by atoms with Crippen LogP contribution in [0, 0.1) is 31.0 Å². The highest BCUT2D eigenvalue weighted by Gasteiger charge is 2.26. The average molecular weight is 344 g/mol. The number of benzene rings is 1. The van der Waals surface area contributed by atoms with Crippen molar-refractivity contribution in [2.24, 2.45) is 0 Å². The van der Waals surface area contributed by atoms with Crippen molar-refractivity contribution in [3.05, 3.63) is 45.2 Å². The standard InChI is InChI=1S/C17H17FN4OS/c1-11-16(24-12(2)20-11)17(23)22-8-6-21(7-9-22)15-5-3-4-14(18)13(15)10-19/h3-5H,6-9H2,1-2H3. The summed E-state index contributed by atoms with van der Waals surface area (Å²) in [5.74, 6) is -0.512. The summed E-state index contributed by atoms with van der Waals surface area (Å²) in [4.78, 5) is 21.4. The van der Waals surface area contributed by atoms with E-state index in [0.717, 1.165) is 10.7 Å². The topological polar surface area (TPSA) is 60.2 Å². The lowest BCUT2D eigenvalue weighted by Gasteiger charge is -2.36. The number of halogens is 1. The van der Waals surface area contributed by atoms with Gasteiger partial charge in [-0.1, -0.05) is 6.07 Å². The fraction of sp³-hybridized carbons (Fsp3) is 0.353. The molecule has 1 saturated heterocycles. The van der Waals surface area contributed by atoms with Crippen LogP contribution in [0.15, 0.2) is 18.2 Å². The SMILES string of the molecule is Cc1nc(C)c(C(=O)N2CCN(c3cccc(F)c3C#N)CC2)s1. The molecule has 1 amide bonds. The number of rotatable bonds is 2. The summed E-state index contributed by atoms with van der Waals surface area (Å²) in [5, 5.41) is 10.0. The highest BCUT2D eigenvalue weighted by atomic mass is 32.1. The molecular formula is C17H17FN4OS. The Hall–Kier alpha value is -2.46. The number of nitriles is 1. The van der Waals surface area contributed by atoms with Crippen LogP contribution in [-0.2, 0) is 0 Å². The third-order valence-corrected chi connectivity index (χ3v) is 5.17. The maximum absolute atomic E-state index is 13.8. The molecule has 7 heteroatoms. The van der Waals surface area contributed by atoms with Crippen molar-refractivity contribution in [2.45, 2.75) is 13.8 Å². The van der Waals surface area contributed by atoms with E-state index in [2.05, 4.69) is 4.98 Å². The van der Waals surface area contributed by atoms with Gasteiger partial charge in [0.25, 0.3) is 5.91 Å². The minimum Gasteiger partial charge on any atom is -0.367 e. The van der Waals surface area contributed by atoms with E-state index in [1.54, 1.807) is 17.0 Å². The molecule has 0 bridgehead atoms. The molecule has 1 aromatic carbocycles. The van der Waals surface area contributed by atoms with Crippen LogP contribution in [0.25, 0.3) is 0 Å². The van der Waals surface area contributed by atoms with Gasteiger partial charge in [0.1, 0.15) is 22.3 Å². The molecule has 24 heavy (non-hydrogen) atoms. The minimum absolute atomic E-state index is 0.00232. The molecule has 1 aliphatic heterocycles. The first-order valence-corrected chi connectivity index (χ1v) is 8.49. The molecule has 124 valence electrons. The molecule has 0 atom stereocenters. The lowest BCUT2D eigenvalue weighted by Crippen LogP contribution is -2.49. The van der Waals surface area contributed by atoms with Gasteiger partial charge in [-0.05, 0) is 26.0 Å². The lowest BCUT2D eigenvalue weighted by molar-refractivity contribution is 0.0750. The number of hydrogen-bond donors (Lipinski definition) is 0. The van der Waals surface area contributed by atoms with Gasteiger partial charge in [-0.15, -0.1) is 11.3 Å². The van der Waals surface area contributed by atoms with Crippen molar-refractivity contribution in [1.29, 1.82) is 5.26 Å². The van der Waals surface area contributed by atoms with Crippen LogP contribution >= 0.6 is 11.3 Å². The monoisotopic (exact) mass is 344 g/mol. The Kier molecular flexibility index (Phi) is 4.49. The number of carbonyl (C=O) groups excluding carboxylic acids is 1. The van der Waals surface area contributed by atoms with Gasteiger partial charge >= 0.3 is 0 Å². The molecule has 2 aromatic rings. The van der Waals surface area contributed by atoms with Crippen LogP contribution in [0.1, 0.15) is 25.9 Å². The van der Waals surface area contributed by atoms with Crippen molar-refractivity contribution in [2.75, 3.05) is 31.1 Å². The second kappa shape index (κ2) is 6.57. The molecule has 0 N–H and O–H groups in total. The summed E-state index contributed by atoms with van der Waals surface area (Å²) in [7, 11) is 0. The molecule has 5 nitrogen and oxygen atoms in total. The highest BCUT2D eigenvalue weighted by Crippen LogP contribution is 2.25. The van der Waals surface area contributed by atoms with E-state index in [1.807, 2.05) is 24.8 Å². The number of hydrogen-bond acceptors (Lipinski definition) is 5. The maximum Gasteiger partial charge on any atom is 0.265 e. The molecule has 0 aliphatic carbocycles. The number of piperazine rings is 1. The molecule has 0 spiro atoms. The Morgan fingerprint density at radius 2 is 2.00 bits per heavy atom. The number of carbonyl (C=O) groups is 1. The zero-order valence-corrected chi connectivity index (χ0v) is 14.4. The van der Waals surface area contributed by atoms with Crippen molar-refractivity contribution >= 4 is 22.9 Å². The number of aryl methyl sites for hydroxylation is 2. The van der Waals surface area contributed by atoms with Crippen molar-refractivity contribution < 1.29 is 9.18 Å². The van der Waals surface area contributed by atoms with Gasteiger partial charge in [0.15, 0.2) is 0 Å². The summed E-state index contributed by atoms with van der Waals surface area (Å²) in [5.41, 5.74) is 1.42. The Morgan fingerprint density at radius 3 is 2.58 bits per heavy atom. The molecule has 2 heterocycles. The first kappa shape index (κ1) is 16.4. The van der Waals surface area contributed by atoms with Crippen molar-refractivity contribution in [1.82, 2.24) is 9.88 Å². The third kappa shape index (κ3) is 2.97. The van der Waals surface area contributed by atoms with E-state index in [9.17, 15) is 9.18 Å². The molecule has 0 unspecified atom stereocenters. The molecule has 3 rings (SSSR count). The van der Waals surface area contributed by atoms with Gasteiger partial charge in [0.2, 0.25) is 0 Å². The highest BCUT2D eigenvalue weighted by molar-refractivity contribution is 7.13. The largest absolute Gasteiger partial charge is 0.367 e. The van der Waals surface area contributed by atoms with E-state index in [-0.39, 0.29) is 11.5 Å². The molecule has 0 radical (unpaired) electrons. The first-order chi connectivity index (χ1) is 11.5. The second-order valence-electron chi connectivity index (χ2n) is 5.67. The van der Waals surface area contributed by atoms with E-state index in [0.29, 0.717) is 36.7 Å². The summed E-state index contributed by atoms with van der Waals surface area (Å²) >= 11 is 1.41. The van der Waals surface area contributed by atoms with Gasteiger partial charge < -0.3 is 9.80 Å². The molecule has 1 fully saturated rings. The van der Waals surface area contributed by atoms with E-state index in [1.165, 1.54) is 17.4 Å². The number of aromatic nitrogens is 1. The van der Waals surface area contributed by atoms with Gasteiger partial charge in [0, 0.05) is 26.2 Å². The Labute approximate surface area is 144 Å². The van der Waals surface area contributed by atoms with Gasteiger partial charge in [0.05, 0.1) is 16.4 Å². The number of thiazole rings is 1. The first-order valence-electron chi connectivity index (χ1n) is 7.68. The predicted molar refractivity (Wildman–Crippen MR) is 90.8 cm³/mol. The van der Waals surface area contributed by atoms with Crippen LogP contribution in [0.4, 0.5) is 10.1 Å². The smallest absolute Gasteiger partial charge is 0.265 e. The van der Waals surface area contributed by atoms with Crippen LogP contribution in [0.5, 0.6) is 0 Å². The molecular weight excluding hydrogens is 327 g/mol. The summed E-state index contributed by atoms with van der Waals surface area (Å²) in [6.45, 7) is 5.95. The summed E-state index contributed by atoms with van der Waals surface area (Å²) < 4.78 is 13.8. The number of anilines is 1. The van der Waals surface area contributed by atoms with E-state index < -0.39 is 5.82 Å². The fourth-order valence-corrected chi connectivity index (χ4v) is 3.80. The normalized spacial score (nSPS) is 14.6. The molecule has 0 saturated carbocycles. The zero-order valence-electron chi connectivity index (χ0n) is 13.5. The zero-order chi connectivity index (χ0) is 17.3. The quantitative estimate of drug-likeness (QED) is 0.840. The third-order valence-electron chi connectivity index (χ3n) is 4.11. The molecule has 1 aromatic heterocycles. The van der Waals surface area contributed by atoms with Crippen LogP contribution < -0.4 is 4.90 Å². The fourth-order valence-electron chi connectivity index (χ4n) is 2.91. The van der Waals surface area contributed by atoms with E-state index >= 15 is 0 Å². The van der Waals surface area contributed by atoms with Gasteiger partial charge in [-0.2, -0.15) is 5.26 Å². The predicted octanol–water partition coefficient (Wildman–Crippen LogP) is 2.73. The van der Waals surface area contributed by atoms with Gasteiger partial charge in [-0.25, -0.2) is 9.37 Å². The van der Waals surface area contributed by atoms with Crippen LogP contribution in [0.3, 0.4) is 0 Å². The minimum atomic E-state index is -0.510. The van der Waals surface area contributed by atoms with Gasteiger partial charge in [-0.3, -0.25) is 4.79 Å². The summed E-state index contributed by atoms with van der Waals surface area (Å²) in [6, 6.07) is 6.57. The Morgan fingerprint density at radius 1 is 1.29 bits per heavy atom. The second-order valence-corrected chi connectivity index (χ2v) is 6.88. The summed E-state index contributed by atoms with van der Waals surface area (Å²) in [6.07, 6.45) is 0. The average Bonchev–Trinajstić information content (AvgIpc) is 2.92. The lowest BCUT2D eigenvalue weighted by atomic mass is 10.1. The Bertz CT molecular complexity index is 818. The van der Waals surface area contributed by atoms with Crippen molar-refractivity contribution in [3.8, 4) is 6.07 Å². The van der Waals surface area contributed by atoms with Crippen molar-refractivity contribution in [3.63, 3.8) is 0 Å². The molecule has 1 aliphatic rings. The number of amides is 1. The number of nitrogens with zero attached hydrogens (tertiary/aromatic N) is 4. The van der Waals surface area contributed by atoms with Crippen LogP contribution in [0.2, 0.25) is 0 Å². The maximum atomic E-state index is 13.8. The van der Waals surface area contributed by atoms with Crippen LogP contribution in [-0.4, -0.2) is 42.0 Å². The Balaban J connectivity index is 1.73. The van der Waals surface area contributed by atoms with E-state index in [4.69, 9.17) is 5.26 Å².